The molecule has 2 aliphatic rings. The Bertz CT molecular complexity index is 546. The predicted molar refractivity (Wildman–Crippen MR) is 76.0 cm³/mol. The van der Waals surface area contributed by atoms with E-state index in [1.54, 1.807) is 0 Å². The van der Waals surface area contributed by atoms with E-state index >= 15 is 0 Å². The number of carbonyl (C=O) groups excluding carboxylic acids is 1. The SMILES string of the molecule is O=C(COc1ccc(F)c(Cl)c1)N1CCC2(CCOC2)C1. The van der Waals surface area contributed by atoms with Crippen LogP contribution in [0.3, 0.4) is 0 Å². The lowest BCUT2D eigenvalue weighted by atomic mass is 9.87. The van der Waals surface area contributed by atoms with E-state index in [-0.39, 0.29) is 23.0 Å². The molecule has 2 saturated heterocycles. The van der Waals surface area contributed by atoms with Crippen LogP contribution in [0, 0.1) is 11.2 Å². The molecule has 0 aromatic heterocycles. The third kappa shape index (κ3) is 3.14. The zero-order chi connectivity index (χ0) is 14.9. The fourth-order valence-corrected chi connectivity index (χ4v) is 3.09. The highest BCUT2D eigenvalue weighted by Crippen LogP contribution is 2.38. The van der Waals surface area contributed by atoms with Crippen LogP contribution < -0.4 is 4.74 Å². The van der Waals surface area contributed by atoms with E-state index in [1.807, 2.05) is 4.90 Å². The number of hydrogen-bond acceptors (Lipinski definition) is 3. The fourth-order valence-electron chi connectivity index (χ4n) is 2.92. The monoisotopic (exact) mass is 313 g/mol. The summed E-state index contributed by atoms with van der Waals surface area (Å²) < 4.78 is 23.9. The van der Waals surface area contributed by atoms with Crippen LogP contribution in [0.4, 0.5) is 4.39 Å². The minimum absolute atomic E-state index is 0.0109. The van der Waals surface area contributed by atoms with Crippen LogP contribution in [0.5, 0.6) is 5.75 Å². The highest BCUT2D eigenvalue weighted by atomic mass is 35.5. The first kappa shape index (κ1) is 14.6. The summed E-state index contributed by atoms with van der Waals surface area (Å²) in [5.41, 5.74) is 0.148. The summed E-state index contributed by atoms with van der Waals surface area (Å²) in [6, 6.07) is 4.06. The van der Waals surface area contributed by atoms with Crippen LogP contribution in [0.2, 0.25) is 5.02 Å². The third-order valence-electron chi connectivity index (χ3n) is 4.23. The van der Waals surface area contributed by atoms with Crippen LogP contribution in [0.1, 0.15) is 12.8 Å². The van der Waals surface area contributed by atoms with Crippen molar-refractivity contribution in [3.05, 3.63) is 29.0 Å². The Morgan fingerprint density at radius 2 is 2.33 bits per heavy atom. The van der Waals surface area contributed by atoms with Gasteiger partial charge in [-0.2, -0.15) is 0 Å². The minimum atomic E-state index is -0.502. The van der Waals surface area contributed by atoms with Gasteiger partial charge in [0.1, 0.15) is 11.6 Å². The van der Waals surface area contributed by atoms with Crippen molar-refractivity contribution >= 4 is 17.5 Å². The van der Waals surface area contributed by atoms with E-state index in [1.165, 1.54) is 18.2 Å². The van der Waals surface area contributed by atoms with Crippen molar-refractivity contribution in [1.82, 2.24) is 4.90 Å². The molecule has 21 heavy (non-hydrogen) atoms. The van der Waals surface area contributed by atoms with Crippen LogP contribution in [-0.2, 0) is 9.53 Å². The van der Waals surface area contributed by atoms with Gasteiger partial charge in [-0.1, -0.05) is 11.6 Å². The lowest BCUT2D eigenvalue weighted by Gasteiger charge is -2.22. The Morgan fingerprint density at radius 3 is 3.05 bits per heavy atom. The summed E-state index contributed by atoms with van der Waals surface area (Å²) in [6.45, 7) is 2.95. The fraction of sp³-hybridized carbons (Fsp3) is 0.533. The number of amides is 1. The number of carbonyl (C=O) groups is 1. The number of benzene rings is 1. The van der Waals surface area contributed by atoms with Gasteiger partial charge in [-0.3, -0.25) is 4.79 Å². The summed E-state index contributed by atoms with van der Waals surface area (Å²) in [5, 5.41) is -0.0109. The van der Waals surface area contributed by atoms with E-state index in [2.05, 4.69) is 0 Å². The molecule has 2 fully saturated rings. The molecule has 1 atom stereocenters. The number of halogens is 2. The van der Waals surface area contributed by atoms with Crippen LogP contribution >= 0.6 is 11.6 Å². The number of ether oxygens (including phenoxy) is 2. The average molecular weight is 314 g/mol. The van der Waals surface area contributed by atoms with Gasteiger partial charge in [0.15, 0.2) is 6.61 Å². The first-order valence-electron chi connectivity index (χ1n) is 7.01. The highest BCUT2D eigenvalue weighted by Gasteiger charge is 2.42. The summed E-state index contributed by atoms with van der Waals surface area (Å²) in [4.78, 5) is 14.0. The molecule has 2 aliphatic heterocycles. The molecule has 6 heteroatoms. The van der Waals surface area contributed by atoms with Gasteiger partial charge in [0, 0.05) is 31.2 Å². The van der Waals surface area contributed by atoms with Gasteiger partial charge in [0.05, 0.1) is 11.6 Å². The first-order valence-corrected chi connectivity index (χ1v) is 7.39. The van der Waals surface area contributed by atoms with Crippen LogP contribution in [0.15, 0.2) is 18.2 Å². The smallest absolute Gasteiger partial charge is 0.260 e. The Balaban J connectivity index is 1.53. The molecule has 1 aromatic rings. The van der Waals surface area contributed by atoms with E-state index in [0.29, 0.717) is 5.75 Å². The van der Waals surface area contributed by atoms with Crippen molar-refractivity contribution in [1.29, 1.82) is 0 Å². The van der Waals surface area contributed by atoms with Crippen LogP contribution in [-0.4, -0.2) is 43.7 Å². The maximum Gasteiger partial charge on any atom is 0.260 e. The number of nitrogens with zero attached hydrogens (tertiary/aromatic N) is 1. The Kier molecular flexibility index (Phi) is 4.04. The predicted octanol–water partition coefficient (Wildman–Crippen LogP) is 2.50. The van der Waals surface area contributed by atoms with Gasteiger partial charge >= 0.3 is 0 Å². The second kappa shape index (κ2) is 5.81. The maximum absolute atomic E-state index is 13.0. The Morgan fingerprint density at radius 1 is 1.48 bits per heavy atom. The van der Waals surface area contributed by atoms with Gasteiger partial charge < -0.3 is 14.4 Å². The normalized spacial score (nSPS) is 24.8. The zero-order valence-corrected chi connectivity index (χ0v) is 12.4. The first-order chi connectivity index (χ1) is 10.1. The molecule has 1 aromatic carbocycles. The van der Waals surface area contributed by atoms with Crippen molar-refractivity contribution in [2.45, 2.75) is 12.8 Å². The molecule has 0 N–H and O–H groups in total. The lowest BCUT2D eigenvalue weighted by Crippen LogP contribution is -2.35. The maximum atomic E-state index is 13.0. The lowest BCUT2D eigenvalue weighted by molar-refractivity contribution is -0.132. The van der Waals surface area contributed by atoms with Gasteiger partial charge in [0.25, 0.3) is 5.91 Å². The largest absolute Gasteiger partial charge is 0.484 e. The molecule has 1 unspecified atom stereocenters. The molecular weight excluding hydrogens is 297 g/mol. The summed E-state index contributed by atoms with van der Waals surface area (Å²) in [7, 11) is 0. The van der Waals surface area contributed by atoms with E-state index in [4.69, 9.17) is 21.1 Å². The number of hydrogen-bond donors (Lipinski definition) is 0. The van der Waals surface area contributed by atoms with Gasteiger partial charge in [-0.05, 0) is 25.0 Å². The van der Waals surface area contributed by atoms with Crippen LogP contribution in [0.25, 0.3) is 0 Å². The highest BCUT2D eigenvalue weighted by molar-refractivity contribution is 6.30. The molecule has 3 rings (SSSR count). The van der Waals surface area contributed by atoms with Gasteiger partial charge in [-0.25, -0.2) is 4.39 Å². The van der Waals surface area contributed by atoms with Crippen molar-refractivity contribution in [3.63, 3.8) is 0 Å². The topological polar surface area (TPSA) is 38.8 Å². The minimum Gasteiger partial charge on any atom is -0.484 e. The van der Waals surface area contributed by atoms with Crippen molar-refractivity contribution < 1.29 is 18.7 Å². The Hall–Kier alpha value is -1.33. The van der Waals surface area contributed by atoms with Gasteiger partial charge in [0.2, 0.25) is 0 Å². The molecule has 0 bridgehead atoms. The third-order valence-corrected chi connectivity index (χ3v) is 4.52. The summed E-state index contributed by atoms with van der Waals surface area (Å²) in [6.07, 6.45) is 2.01. The van der Waals surface area contributed by atoms with Gasteiger partial charge in [-0.15, -0.1) is 0 Å². The van der Waals surface area contributed by atoms with E-state index < -0.39 is 5.82 Å². The quantitative estimate of drug-likeness (QED) is 0.860. The Labute approximate surface area is 127 Å². The van der Waals surface area contributed by atoms with Crippen molar-refractivity contribution in [3.8, 4) is 5.75 Å². The molecule has 4 nitrogen and oxygen atoms in total. The van der Waals surface area contributed by atoms with Crippen molar-refractivity contribution in [2.24, 2.45) is 5.41 Å². The summed E-state index contributed by atoms with van der Waals surface area (Å²) in [5.74, 6) is -0.162. The molecule has 0 aliphatic carbocycles. The molecule has 1 spiro atoms. The molecule has 114 valence electrons. The van der Waals surface area contributed by atoms with E-state index in [0.717, 1.165) is 39.1 Å². The standard InChI is InChI=1S/C15H17ClFNO3/c16-12-7-11(1-2-13(12)17)21-8-14(19)18-5-3-15(9-18)4-6-20-10-15/h1-2,7H,3-6,8-10H2. The summed E-state index contributed by atoms with van der Waals surface area (Å²) >= 11 is 5.67. The second-order valence-corrected chi connectivity index (χ2v) is 6.14. The second-order valence-electron chi connectivity index (χ2n) is 5.73. The molecule has 2 heterocycles. The zero-order valence-electron chi connectivity index (χ0n) is 11.6. The number of rotatable bonds is 3. The van der Waals surface area contributed by atoms with E-state index in [9.17, 15) is 9.18 Å². The molecule has 0 saturated carbocycles. The number of likely N-dealkylation sites (tertiary alicyclic amines) is 1. The molecule has 1 amide bonds. The van der Waals surface area contributed by atoms with Crippen molar-refractivity contribution in [2.75, 3.05) is 32.9 Å². The molecule has 0 radical (unpaired) electrons. The molecular formula is C15H17ClFNO3. The average Bonchev–Trinajstić information content (AvgIpc) is 3.11.